The van der Waals surface area contributed by atoms with Crippen LogP contribution in [0.4, 0.5) is 0 Å². The summed E-state index contributed by atoms with van der Waals surface area (Å²) >= 11 is 0. The highest BCUT2D eigenvalue weighted by atomic mass is 16.2. The number of hydrogen-bond acceptors (Lipinski definition) is 4. The Labute approximate surface area is 178 Å². The van der Waals surface area contributed by atoms with Gasteiger partial charge in [0.25, 0.3) is 0 Å². The van der Waals surface area contributed by atoms with Crippen molar-refractivity contribution < 1.29 is 9.59 Å². The Morgan fingerprint density at radius 2 is 1.62 bits per heavy atom. The SMILES string of the molecule is CC[C@@H](C)[C@H](NC(=O)C1CCC(C)CC1)C(=O)NCCCN1CCN(CC)CC1. The van der Waals surface area contributed by atoms with Gasteiger partial charge in [0.05, 0.1) is 0 Å². The number of nitrogens with one attached hydrogen (secondary N) is 2. The first-order valence-electron chi connectivity index (χ1n) is 12.0. The second kappa shape index (κ2) is 12.5. The molecule has 0 aromatic rings. The molecule has 2 aliphatic rings. The van der Waals surface area contributed by atoms with Crippen LogP contribution in [0.5, 0.6) is 0 Å². The van der Waals surface area contributed by atoms with Gasteiger partial charge in [0.15, 0.2) is 0 Å². The van der Waals surface area contributed by atoms with Crippen molar-refractivity contribution in [2.45, 2.75) is 72.3 Å². The molecular formula is C23H44N4O2. The summed E-state index contributed by atoms with van der Waals surface area (Å²) in [5, 5.41) is 6.17. The van der Waals surface area contributed by atoms with E-state index in [1.807, 2.05) is 0 Å². The number of piperazine rings is 1. The summed E-state index contributed by atoms with van der Waals surface area (Å²) in [6, 6.07) is -0.417. The van der Waals surface area contributed by atoms with Crippen LogP contribution in [0.1, 0.15) is 66.2 Å². The lowest BCUT2D eigenvalue weighted by atomic mass is 9.82. The summed E-state index contributed by atoms with van der Waals surface area (Å²) < 4.78 is 0. The minimum atomic E-state index is -0.417. The van der Waals surface area contributed by atoms with Crippen molar-refractivity contribution in [1.29, 1.82) is 0 Å². The van der Waals surface area contributed by atoms with Gasteiger partial charge in [-0.2, -0.15) is 0 Å². The minimum absolute atomic E-state index is 0.0207. The summed E-state index contributed by atoms with van der Waals surface area (Å²) in [6.45, 7) is 16.0. The largest absolute Gasteiger partial charge is 0.354 e. The standard InChI is InChI=1S/C23H44N4O2/c1-5-19(4)21(25-22(28)20-10-8-18(3)9-11-20)23(29)24-12-7-13-27-16-14-26(6-2)15-17-27/h18-21H,5-17H2,1-4H3,(H,24,29)(H,25,28)/t18?,19-,20?,21+/m1/s1. The zero-order valence-electron chi connectivity index (χ0n) is 19.2. The lowest BCUT2D eigenvalue weighted by Gasteiger charge is -2.34. The highest BCUT2D eigenvalue weighted by molar-refractivity contribution is 5.88. The first-order chi connectivity index (χ1) is 13.9. The third kappa shape index (κ3) is 7.89. The number of amides is 2. The molecule has 1 aliphatic heterocycles. The molecule has 6 heteroatoms. The van der Waals surface area contributed by atoms with Crippen LogP contribution < -0.4 is 10.6 Å². The topological polar surface area (TPSA) is 64.7 Å². The first kappa shape index (κ1) is 24.1. The third-order valence-electron chi connectivity index (χ3n) is 7.04. The van der Waals surface area contributed by atoms with Crippen LogP contribution in [0.2, 0.25) is 0 Å². The van der Waals surface area contributed by atoms with Gasteiger partial charge < -0.3 is 20.4 Å². The number of rotatable bonds is 10. The van der Waals surface area contributed by atoms with Crippen LogP contribution in [-0.2, 0) is 9.59 Å². The maximum absolute atomic E-state index is 12.8. The first-order valence-corrected chi connectivity index (χ1v) is 12.0. The van der Waals surface area contributed by atoms with Crippen molar-refractivity contribution in [2.24, 2.45) is 17.8 Å². The van der Waals surface area contributed by atoms with Gasteiger partial charge in [0, 0.05) is 38.6 Å². The van der Waals surface area contributed by atoms with Gasteiger partial charge in [-0.1, -0.05) is 34.1 Å². The van der Waals surface area contributed by atoms with Gasteiger partial charge in [-0.25, -0.2) is 0 Å². The second-order valence-electron chi connectivity index (χ2n) is 9.25. The Hall–Kier alpha value is -1.14. The Morgan fingerprint density at radius 3 is 2.21 bits per heavy atom. The summed E-state index contributed by atoms with van der Waals surface area (Å²) in [5.74, 6) is 0.993. The maximum Gasteiger partial charge on any atom is 0.242 e. The van der Waals surface area contributed by atoms with Gasteiger partial charge in [-0.3, -0.25) is 9.59 Å². The molecule has 2 atom stereocenters. The summed E-state index contributed by atoms with van der Waals surface area (Å²) in [4.78, 5) is 30.5. The van der Waals surface area contributed by atoms with Crippen molar-refractivity contribution >= 4 is 11.8 Å². The van der Waals surface area contributed by atoms with Crippen molar-refractivity contribution in [3.05, 3.63) is 0 Å². The van der Waals surface area contributed by atoms with E-state index in [2.05, 4.69) is 48.1 Å². The number of carbonyl (C=O) groups excluding carboxylic acids is 2. The fourth-order valence-corrected chi connectivity index (χ4v) is 4.45. The molecule has 1 aliphatic carbocycles. The van der Waals surface area contributed by atoms with Gasteiger partial charge in [0.2, 0.25) is 11.8 Å². The van der Waals surface area contributed by atoms with Crippen LogP contribution in [0.15, 0.2) is 0 Å². The lowest BCUT2D eigenvalue weighted by Crippen LogP contribution is -2.52. The van der Waals surface area contributed by atoms with E-state index in [9.17, 15) is 9.59 Å². The van der Waals surface area contributed by atoms with E-state index in [-0.39, 0.29) is 23.7 Å². The molecular weight excluding hydrogens is 364 g/mol. The molecule has 0 bridgehead atoms. The zero-order valence-corrected chi connectivity index (χ0v) is 19.2. The number of hydrogen-bond donors (Lipinski definition) is 2. The van der Waals surface area contributed by atoms with E-state index in [1.54, 1.807) is 0 Å². The van der Waals surface area contributed by atoms with E-state index in [0.29, 0.717) is 6.54 Å². The molecule has 2 N–H and O–H groups in total. The summed E-state index contributed by atoms with van der Waals surface area (Å²) in [6.07, 6.45) is 5.97. The highest BCUT2D eigenvalue weighted by Crippen LogP contribution is 2.28. The van der Waals surface area contributed by atoms with Crippen molar-refractivity contribution in [1.82, 2.24) is 20.4 Å². The molecule has 2 amide bonds. The molecule has 29 heavy (non-hydrogen) atoms. The fraction of sp³-hybridized carbons (Fsp3) is 0.913. The van der Waals surface area contributed by atoms with Gasteiger partial charge in [-0.05, 0) is 57.0 Å². The lowest BCUT2D eigenvalue weighted by molar-refractivity contribution is -0.133. The Balaban J connectivity index is 1.73. The summed E-state index contributed by atoms with van der Waals surface area (Å²) in [7, 11) is 0. The predicted molar refractivity (Wildman–Crippen MR) is 119 cm³/mol. The quantitative estimate of drug-likeness (QED) is 0.545. The van der Waals surface area contributed by atoms with Crippen molar-refractivity contribution in [2.75, 3.05) is 45.8 Å². The molecule has 0 aromatic carbocycles. The monoisotopic (exact) mass is 408 g/mol. The van der Waals surface area contributed by atoms with Crippen LogP contribution in [0.25, 0.3) is 0 Å². The average Bonchev–Trinajstić information content (AvgIpc) is 2.75. The zero-order chi connectivity index (χ0) is 21.2. The van der Waals surface area contributed by atoms with Crippen LogP contribution in [-0.4, -0.2) is 73.5 Å². The van der Waals surface area contributed by atoms with E-state index < -0.39 is 6.04 Å². The van der Waals surface area contributed by atoms with E-state index >= 15 is 0 Å². The molecule has 2 rings (SSSR count). The maximum atomic E-state index is 12.8. The molecule has 2 fully saturated rings. The number of carbonyl (C=O) groups is 2. The average molecular weight is 409 g/mol. The normalized spacial score (nSPS) is 25.9. The van der Waals surface area contributed by atoms with Crippen molar-refractivity contribution in [3.8, 4) is 0 Å². The van der Waals surface area contributed by atoms with Crippen LogP contribution >= 0.6 is 0 Å². The molecule has 1 heterocycles. The molecule has 1 saturated heterocycles. The molecule has 168 valence electrons. The van der Waals surface area contributed by atoms with Gasteiger partial charge in [0.1, 0.15) is 6.04 Å². The fourth-order valence-electron chi connectivity index (χ4n) is 4.45. The van der Waals surface area contributed by atoms with Gasteiger partial charge >= 0.3 is 0 Å². The molecule has 0 spiro atoms. The Kier molecular flexibility index (Phi) is 10.4. The Bertz CT molecular complexity index is 497. The van der Waals surface area contributed by atoms with Crippen LogP contribution in [0, 0.1) is 17.8 Å². The predicted octanol–water partition coefficient (Wildman–Crippen LogP) is 2.49. The van der Waals surface area contributed by atoms with E-state index in [0.717, 1.165) is 83.7 Å². The van der Waals surface area contributed by atoms with E-state index in [4.69, 9.17) is 0 Å². The van der Waals surface area contributed by atoms with Gasteiger partial charge in [-0.15, -0.1) is 0 Å². The minimum Gasteiger partial charge on any atom is -0.354 e. The second-order valence-corrected chi connectivity index (χ2v) is 9.25. The molecule has 0 radical (unpaired) electrons. The number of nitrogens with zero attached hydrogens (tertiary/aromatic N) is 2. The Morgan fingerprint density at radius 1 is 1.00 bits per heavy atom. The highest BCUT2D eigenvalue weighted by Gasteiger charge is 2.30. The molecule has 6 nitrogen and oxygen atoms in total. The molecule has 0 aromatic heterocycles. The molecule has 0 unspecified atom stereocenters. The number of likely N-dealkylation sites (N-methyl/N-ethyl adjacent to an activating group) is 1. The summed E-state index contributed by atoms with van der Waals surface area (Å²) in [5.41, 5.74) is 0. The third-order valence-corrected chi connectivity index (χ3v) is 7.04. The van der Waals surface area contributed by atoms with E-state index in [1.165, 1.54) is 0 Å². The molecule has 1 saturated carbocycles. The van der Waals surface area contributed by atoms with Crippen molar-refractivity contribution in [3.63, 3.8) is 0 Å². The smallest absolute Gasteiger partial charge is 0.242 e. The van der Waals surface area contributed by atoms with Crippen LogP contribution in [0.3, 0.4) is 0 Å².